The topological polar surface area (TPSA) is 70.7 Å². The monoisotopic (exact) mass is 319 g/mol. The lowest BCUT2D eigenvalue weighted by molar-refractivity contribution is 0.341. The molecule has 0 aromatic heterocycles. The summed E-state index contributed by atoms with van der Waals surface area (Å²) in [5.41, 5.74) is 0.359. The predicted molar refractivity (Wildman–Crippen MR) is 79.6 cm³/mol. The second-order valence-corrected chi connectivity index (χ2v) is 6.44. The number of nitrogens with one attached hydrogen (secondary N) is 2. The second kappa shape index (κ2) is 6.62. The Morgan fingerprint density at radius 1 is 1.40 bits per heavy atom. The van der Waals surface area contributed by atoms with E-state index in [1.54, 1.807) is 18.2 Å². The smallest absolute Gasteiger partial charge is 0.301 e. The van der Waals surface area contributed by atoms with Crippen molar-refractivity contribution in [1.29, 1.82) is 0 Å². The molecule has 112 valence electrons. The first kappa shape index (κ1) is 15.4. The maximum Gasteiger partial charge on any atom is 0.301 e. The van der Waals surface area contributed by atoms with Gasteiger partial charge in [0.2, 0.25) is 0 Å². The van der Waals surface area contributed by atoms with Crippen molar-refractivity contribution in [3.8, 4) is 5.75 Å². The molecule has 1 aliphatic heterocycles. The SMILES string of the molecule is CCOc1ccc(Cl)cc1NS(=O)(=O)N1CCNCC1. The summed E-state index contributed by atoms with van der Waals surface area (Å²) in [6.45, 7) is 4.47. The van der Waals surface area contributed by atoms with Gasteiger partial charge in [-0.05, 0) is 25.1 Å². The van der Waals surface area contributed by atoms with Crippen LogP contribution in [0, 0.1) is 0 Å². The number of benzene rings is 1. The van der Waals surface area contributed by atoms with Gasteiger partial charge >= 0.3 is 10.2 Å². The average Bonchev–Trinajstić information content (AvgIpc) is 2.43. The van der Waals surface area contributed by atoms with E-state index in [1.165, 1.54) is 4.31 Å². The summed E-state index contributed by atoms with van der Waals surface area (Å²) in [4.78, 5) is 0. The third-order valence-electron chi connectivity index (χ3n) is 2.90. The molecule has 1 aromatic carbocycles. The highest BCUT2D eigenvalue weighted by Crippen LogP contribution is 2.29. The Labute approximate surface area is 124 Å². The lowest BCUT2D eigenvalue weighted by Crippen LogP contribution is -2.48. The summed E-state index contributed by atoms with van der Waals surface area (Å²) < 4.78 is 34.0. The standard InChI is InChI=1S/C12H18ClN3O3S/c1-2-19-12-4-3-10(13)9-11(12)15-20(17,18)16-7-5-14-6-8-16/h3-4,9,14-15H,2,5-8H2,1H3. The van der Waals surface area contributed by atoms with E-state index in [9.17, 15) is 8.42 Å². The van der Waals surface area contributed by atoms with Crippen LogP contribution in [0.15, 0.2) is 18.2 Å². The van der Waals surface area contributed by atoms with E-state index in [0.29, 0.717) is 49.2 Å². The Morgan fingerprint density at radius 2 is 2.10 bits per heavy atom. The maximum absolute atomic E-state index is 12.3. The Balaban J connectivity index is 2.21. The summed E-state index contributed by atoms with van der Waals surface area (Å²) >= 11 is 5.92. The van der Waals surface area contributed by atoms with Crippen LogP contribution in [0.5, 0.6) is 5.75 Å². The minimum Gasteiger partial charge on any atom is -0.492 e. The van der Waals surface area contributed by atoms with Crippen LogP contribution in [0.2, 0.25) is 5.02 Å². The summed E-state index contributed by atoms with van der Waals surface area (Å²) in [7, 11) is -3.59. The number of anilines is 1. The van der Waals surface area contributed by atoms with Crippen LogP contribution in [0.1, 0.15) is 6.92 Å². The first-order valence-corrected chi connectivity index (χ1v) is 8.25. The summed E-state index contributed by atoms with van der Waals surface area (Å²) in [5, 5.41) is 3.56. The number of piperazine rings is 1. The molecule has 0 spiro atoms. The number of hydrogen-bond donors (Lipinski definition) is 2. The van der Waals surface area contributed by atoms with Crippen LogP contribution in [0.4, 0.5) is 5.69 Å². The van der Waals surface area contributed by atoms with Gasteiger partial charge in [0.25, 0.3) is 0 Å². The summed E-state index contributed by atoms with van der Waals surface area (Å²) in [6, 6.07) is 4.86. The van der Waals surface area contributed by atoms with Crippen molar-refractivity contribution in [2.24, 2.45) is 0 Å². The molecule has 2 N–H and O–H groups in total. The first-order chi connectivity index (χ1) is 9.53. The van der Waals surface area contributed by atoms with Gasteiger partial charge in [0, 0.05) is 31.2 Å². The fraction of sp³-hybridized carbons (Fsp3) is 0.500. The Morgan fingerprint density at radius 3 is 2.75 bits per heavy atom. The van der Waals surface area contributed by atoms with Crippen molar-refractivity contribution < 1.29 is 13.2 Å². The summed E-state index contributed by atoms with van der Waals surface area (Å²) in [5.74, 6) is 0.468. The van der Waals surface area contributed by atoms with Gasteiger partial charge in [-0.15, -0.1) is 0 Å². The first-order valence-electron chi connectivity index (χ1n) is 6.44. The molecule has 0 unspecified atom stereocenters. The molecule has 20 heavy (non-hydrogen) atoms. The Hall–Kier alpha value is -1.02. The van der Waals surface area contributed by atoms with Gasteiger partial charge in [-0.25, -0.2) is 0 Å². The van der Waals surface area contributed by atoms with Crippen LogP contribution in [0.3, 0.4) is 0 Å². The van der Waals surface area contributed by atoms with E-state index in [1.807, 2.05) is 6.92 Å². The van der Waals surface area contributed by atoms with Crippen LogP contribution in [0.25, 0.3) is 0 Å². The zero-order chi connectivity index (χ0) is 14.6. The molecule has 0 aliphatic carbocycles. The number of halogens is 1. The number of ether oxygens (including phenoxy) is 1. The molecule has 0 atom stereocenters. The lowest BCUT2D eigenvalue weighted by Gasteiger charge is -2.27. The molecule has 1 heterocycles. The van der Waals surface area contributed by atoms with E-state index >= 15 is 0 Å². The van der Waals surface area contributed by atoms with Crippen LogP contribution < -0.4 is 14.8 Å². The van der Waals surface area contributed by atoms with E-state index in [-0.39, 0.29) is 0 Å². The zero-order valence-corrected chi connectivity index (χ0v) is 12.8. The molecule has 2 rings (SSSR count). The van der Waals surface area contributed by atoms with Gasteiger partial charge in [-0.1, -0.05) is 11.6 Å². The highest BCUT2D eigenvalue weighted by Gasteiger charge is 2.24. The molecular formula is C12H18ClN3O3S. The van der Waals surface area contributed by atoms with Crippen molar-refractivity contribution in [2.75, 3.05) is 37.5 Å². The molecule has 1 aliphatic rings. The Bertz CT molecular complexity index is 559. The van der Waals surface area contributed by atoms with Gasteiger partial charge in [0.05, 0.1) is 12.3 Å². The molecule has 0 amide bonds. The van der Waals surface area contributed by atoms with Crippen LogP contribution >= 0.6 is 11.6 Å². The third-order valence-corrected chi connectivity index (χ3v) is 4.65. The van der Waals surface area contributed by atoms with Crippen LogP contribution in [-0.4, -0.2) is 45.5 Å². The molecule has 1 aromatic rings. The van der Waals surface area contributed by atoms with Crippen LogP contribution in [-0.2, 0) is 10.2 Å². The molecule has 0 saturated carbocycles. The normalized spacial score (nSPS) is 16.9. The molecular weight excluding hydrogens is 302 g/mol. The Kier molecular flexibility index (Phi) is 5.09. The lowest BCUT2D eigenvalue weighted by atomic mass is 10.3. The average molecular weight is 320 g/mol. The largest absolute Gasteiger partial charge is 0.492 e. The van der Waals surface area contributed by atoms with Crippen molar-refractivity contribution in [2.45, 2.75) is 6.92 Å². The second-order valence-electron chi connectivity index (χ2n) is 4.33. The molecule has 0 radical (unpaired) electrons. The highest BCUT2D eigenvalue weighted by atomic mass is 35.5. The van der Waals surface area contributed by atoms with E-state index < -0.39 is 10.2 Å². The fourth-order valence-corrected chi connectivity index (χ4v) is 3.35. The highest BCUT2D eigenvalue weighted by molar-refractivity contribution is 7.90. The predicted octanol–water partition coefficient (Wildman–Crippen LogP) is 1.30. The number of nitrogens with zero attached hydrogens (tertiary/aromatic N) is 1. The molecule has 1 fully saturated rings. The molecule has 6 nitrogen and oxygen atoms in total. The van der Waals surface area contributed by atoms with Gasteiger partial charge in [0.15, 0.2) is 0 Å². The van der Waals surface area contributed by atoms with E-state index in [4.69, 9.17) is 16.3 Å². The molecule has 8 heteroatoms. The molecule has 0 bridgehead atoms. The zero-order valence-electron chi connectivity index (χ0n) is 11.2. The van der Waals surface area contributed by atoms with Gasteiger partial charge < -0.3 is 10.1 Å². The van der Waals surface area contributed by atoms with Gasteiger partial charge in [0.1, 0.15) is 5.75 Å². The summed E-state index contributed by atoms with van der Waals surface area (Å²) in [6.07, 6.45) is 0. The molecule has 1 saturated heterocycles. The van der Waals surface area contributed by atoms with Gasteiger partial charge in [-0.2, -0.15) is 12.7 Å². The van der Waals surface area contributed by atoms with Crippen molar-refractivity contribution >= 4 is 27.5 Å². The minimum absolute atomic E-state index is 0.359. The quantitative estimate of drug-likeness (QED) is 0.858. The fourth-order valence-electron chi connectivity index (χ4n) is 1.95. The maximum atomic E-state index is 12.3. The minimum atomic E-state index is -3.59. The van der Waals surface area contributed by atoms with Crippen molar-refractivity contribution in [3.05, 3.63) is 23.2 Å². The van der Waals surface area contributed by atoms with E-state index in [2.05, 4.69) is 10.0 Å². The third kappa shape index (κ3) is 3.76. The van der Waals surface area contributed by atoms with Gasteiger partial charge in [-0.3, -0.25) is 4.72 Å². The van der Waals surface area contributed by atoms with E-state index in [0.717, 1.165) is 0 Å². The van der Waals surface area contributed by atoms with Crippen molar-refractivity contribution in [1.82, 2.24) is 9.62 Å². The number of rotatable bonds is 5. The van der Waals surface area contributed by atoms with Crippen molar-refractivity contribution in [3.63, 3.8) is 0 Å². The number of hydrogen-bond acceptors (Lipinski definition) is 4.